The van der Waals surface area contributed by atoms with Gasteiger partial charge in [0.15, 0.2) is 12.2 Å². The average molecular weight is 364 g/mol. The van der Waals surface area contributed by atoms with Gasteiger partial charge < -0.3 is 18.9 Å². The fraction of sp³-hybridized carbons (Fsp3) is 0.667. The molecule has 3 fully saturated rings. The van der Waals surface area contributed by atoms with Crippen LogP contribution in [0.3, 0.4) is 0 Å². The molecule has 0 radical (unpaired) electrons. The maximum Gasteiger partial charge on any atom is 0.422 e. The van der Waals surface area contributed by atoms with E-state index in [0.717, 1.165) is 0 Å². The minimum absolute atomic E-state index is 0.00946. The summed E-state index contributed by atoms with van der Waals surface area (Å²) < 4.78 is 57.0. The van der Waals surface area contributed by atoms with Crippen LogP contribution in [0.1, 0.15) is 19.3 Å². The van der Waals surface area contributed by atoms with Gasteiger partial charge in [-0.3, -0.25) is 9.59 Å². The van der Waals surface area contributed by atoms with Crippen molar-refractivity contribution in [3.63, 3.8) is 0 Å². The molecule has 25 heavy (non-hydrogen) atoms. The van der Waals surface area contributed by atoms with Gasteiger partial charge in [0.1, 0.15) is 11.7 Å². The molecular weight excluding hydrogens is 349 g/mol. The van der Waals surface area contributed by atoms with Crippen LogP contribution in [-0.2, 0) is 33.3 Å². The number of ether oxygens (including phenoxy) is 4. The van der Waals surface area contributed by atoms with Gasteiger partial charge in [-0.25, -0.2) is 4.79 Å². The molecule has 5 unspecified atom stereocenters. The molecule has 0 saturated carbocycles. The van der Waals surface area contributed by atoms with Crippen LogP contribution in [0.2, 0.25) is 0 Å². The number of hydrogen-bond acceptors (Lipinski definition) is 7. The number of hydrogen-bond donors (Lipinski definition) is 0. The molecule has 10 heteroatoms. The van der Waals surface area contributed by atoms with Crippen LogP contribution in [0.25, 0.3) is 0 Å². The fourth-order valence-electron chi connectivity index (χ4n) is 3.18. The van der Waals surface area contributed by atoms with Crippen LogP contribution < -0.4 is 0 Å². The highest BCUT2D eigenvalue weighted by Gasteiger charge is 2.65. The average Bonchev–Trinajstić information content (AvgIpc) is 3.14. The molecule has 0 amide bonds. The Morgan fingerprint density at radius 3 is 2.68 bits per heavy atom. The van der Waals surface area contributed by atoms with E-state index in [0.29, 0.717) is 6.42 Å². The van der Waals surface area contributed by atoms with Crippen molar-refractivity contribution in [1.82, 2.24) is 0 Å². The second-order valence-corrected chi connectivity index (χ2v) is 6.05. The summed E-state index contributed by atoms with van der Waals surface area (Å²) >= 11 is 0. The van der Waals surface area contributed by atoms with Gasteiger partial charge in [-0.05, 0) is 12.8 Å². The first-order chi connectivity index (χ1) is 11.7. The molecular formula is C15H15F3O7. The third-order valence-electron chi connectivity index (χ3n) is 4.40. The van der Waals surface area contributed by atoms with E-state index in [1.807, 2.05) is 0 Å². The Morgan fingerprint density at radius 2 is 2.00 bits per heavy atom. The first-order valence-electron chi connectivity index (χ1n) is 7.67. The third kappa shape index (κ3) is 3.35. The molecule has 3 heterocycles. The SMILES string of the molecule is C=C(C(=O)OCCCC(=O)OC1C2CC3C(=O)OC1C3O2)C(F)(F)F. The molecule has 3 aliphatic rings. The van der Waals surface area contributed by atoms with Crippen LogP contribution >= 0.6 is 0 Å². The monoisotopic (exact) mass is 364 g/mol. The van der Waals surface area contributed by atoms with Gasteiger partial charge in [0.25, 0.3) is 0 Å². The summed E-state index contributed by atoms with van der Waals surface area (Å²) in [6, 6.07) is 0. The molecule has 2 bridgehead atoms. The quantitative estimate of drug-likeness (QED) is 0.301. The molecule has 3 rings (SSSR count). The third-order valence-corrected chi connectivity index (χ3v) is 4.40. The molecule has 0 spiro atoms. The zero-order valence-electron chi connectivity index (χ0n) is 12.9. The lowest BCUT2D eigenvalue weighted by Crippen LogP contribution is -2.40. The standard InChI is InChI=1S/C15H15F3O7/c1-6(15(16,17)18)13(20)22-4-2-3-9(19)24-11-8-5-7-10(23-8)12(11)25-14(7)21/h7-8,10-12H,1-5H2. The Labute approximate surface area is 140 Å². The van der Waals surface area contributed by atoms with Crippen molar-refractivity contribution in [2.24, 2.45) is 5.92 Å². The Kier molecular flexibility index (Phi) is 4.48. The Morgan fingerprint density at radius 1 is 1.28 bits per heavy atom. The summed E-state index contributed by atoms with van der Waals surface area (Å²) in [4.78, 5) is 34.5. The van der Waals surface area contributed by atoms with Crippen molar-refractivity contribution in [1.29, 1.82) is 0 Å². The van der Waals surface area contributed by atoms with E-state index in [-0.39, 0.29) is 43.5 Å². The van der Waals surface area contributed by atoms with Crippen LogP contribution in [0.5, 0.6) is 0 Å². The van der Waals surface area contributed by atoms with Crippen LogP contribution in [0.4, 0.5) is 13.2 Å². The molecule has 0 aromatic rings. The summed E-state index contributed by atoms with van der Waals surface area (Å²) in [7, 11) is 0. The normalized spacial score (nSPS) is 32.4. The van der Waals surface area contributed by atoms with E-state index >= 15 is 0 Å². The molecule has 5 atom stereocenters. The highest BCUT2D eigenvalue weighted by atomic mass is 19.4. The molecule has 0 N–H and O–H groups in total. The lowest BCUT2D eigenvalue weighted by Gasteiger charge is -2.22. The van der Waals surface area contributed by atoms with Gasteiger partial charge in [-0.15, -0.1) is 0 Å². The van der Waals surface area contributed by atoms with Gasteiger partial charge in [0.05, 0.1) is 18.6 Å². The van der Waals surface area contributed by atoms with Crippen molar-refractivity contribution < 1.29 is 46.5 Å². The van der Waals surface area contributed by atoms with Gasteiger partial charge in [-0.2, -0.15) is 13.2 Å². The summed E-state index contributed by atoms with van der Waals surface area (Å²) in [5, 5.41) is 0. The number of carbonyl (C=O) groups excluding carboxylic acids is 3. The van der Waals surface area contributed by atoms with E-state index < -0.39 is 35.9 Å². The smallest absolute Gasteiger partial charge is 0.422 e. The maximum atomic E-state index is 12.2. The van der Waals surface area contributed by atoms with Crippen molar-refractivity contribution in [3.8, 4) is 0 Å². The predicted octanol–water partition coefficient (Wildman–Crippen LogP) is 1.05. The van der Waals surface area contributed by atoms with E-state index in [1.165, 1.54) is 0 Å². The minimum Gasteiger partial charge on any atom is -0.462 e. The van der Waals surface area contributed by atoms with Gasteiger partial charge in [-0.1, -0.05) is 6.58 Å². The number of rotatable bonds is 6. The maximum absolute atomic E-state index is 12.2. The highest BCUT2D eigenvalue weighted by Crippen LogP contribution is 2.47. The summed E-state index contributed by atoms with van der Waals surface area (Å²) in [6.07, 6.45) is -6.63. The molecule has 138 valence electrons. The van der Waals surface area contributed by atoms with Gasteiger partial charge >= 0.3 is 24.1 Å². The first kappa shape index (κ1) is 17.7. The van der Waals surface area contributed by atoms with Crippen LogP contribution in [-0.4, -0.2) is 55.1 Å². The van der Waals surface area contributed by atoms with Gasteiger partial charge in [0.2, 0.25) is 0 Å². The predicted molar refractivity (Wildman–Crippen MR) is 71.9 cm³/mol. The number of halogens is 3. The van der Waals surface area contributed by atoms with Crippen molar-refractivity contribution in [2.75, 3.05) is 6.61 Å². The highest BCUT2D eigenvalue weighted by molar-refractivity contribution is 5.89. The zero-order valence-corrected chi connectivity index (χ0v) is 12.9. The summed E-state index contributed by atoms with van der Waals surface area (Å²) in [5.74, 6) is -2.86. The lowest BCUT2D eigenvalue weighted by molar-refractivity contribution is -0.161. The van der Waals surface area contributed by atoms with Crippen LogP contribution in [0, 0.1) is 5.92 Å². The Balaban J connectivity index is 1.38. The largest absolute Gasteiger partial charge is 0.462 e. The number of alkyl halides is 3. The van der Waals surface area contributed by atoms with Crippen molar-refractivity contribution in [3.05, 3.63) is 12.2 Å². The fourth-order valence-corrected chi connectivity index (χ4v) is 3.18. The molecule has 7 nitrogen and oxygen atoms in total. The molecule has 3 aliphatic heterocycles. The summed E-state index contributed by atoms with van der Waals surface area (Å²) in [5.41, 5.74) is -1.60. The van der Waals surface area contributed by atoms with Crippen molar-refractivity contribution in [2.45, 2.75) is 49.9 Å². The second-order valence-electron chi connectivity index (χ2n) is 6.05. The molecule has 0 aromatic carbocycles. The van der Waals surface area contributed by atoms with E-state index in [1.54, 1.807) is 0 Å². The number of fused-ring (bicyclic) bond motifs is 1. The second kappa shape index (κ2) is 6.32. The van der Waals surface area contributed by atoms with Crippen LogP contribution in [0.15, 0.2) is 12.2 Å². The zero-order chi connectivity index (χ0) is 18.4. The van der Waals surface area contributed by atoms with E-state index in [9.17, 15) is 27.6 Å². The Hall–Kier alpha value is -2.10. The Bertz CT molecular complexity index is 615. The van der Waals surface area contributed by atoms with Crippen molar-refractivity contribution >= 4 is 17.9 Å². The minimum atomic E-state index is -4.85. The lowest BCUT2D eigenvalue weighted by atomic mass is 9.88. The number of carbonyl (C=O) groups is 3. The topological polar surface area (TPSA) is 88.1 Å². The van der Waals surface area contributed by atoms with E-state index in [2.05, 4.69) is 11.3 Å². The molecule has 0 aliphatic carbocycles. The molecule has 0 aromatic heterocycles. The molecule has 3 saturated heterocycles. The first-order valence-corrected chi connectivity index (χ1v) is 7.67. The summed E-state index contributed by atoms with van der Waals surface area (Å²) in [6.45, 7) is 2.23. The number of esters is 3. The van der Waals surface area contributed by atoms with E-state index in [4.69, 9.17) is 14.2 Å². The van der Waals surface area contributed by atoms with Gasteiger partial charge in [0, 0.05) is 6.42 Å².